The Hall–Kier alpha value is -1.32. The molecule has 0 amide bonds. The minimum Gasteiger partial charge on any atom is -0.463 e. The van der Waals surface area contributed by atoms with Crippen molar-refractivity contribution < 1.29 is 19.1 Å². The Morgan fingerprint density at radius 1 is 0.688 bits per heavy atom. The van der Waals surface area contributed by atoms with Crippen LogP contribution in [-0.4, -0.2) is 24.6 Å². The number of ether oxygens (including phenoxy) is 2. The highest BCUT2D eigenvalue weighted by Gasteiger charge is 2.35. The number of esters is 2. The lowest BCUT2D eigenvalue weighted by Gasteiger charge is -2.25. The highest BCUT2D eigenvalue weighted by atomic mass is 16.5. The molecule has 0 aromatic heterocycles. The topological polar surface area (TPSA) is 52.6 Å². The summed E-state index contributed by atoms with van der Waals surface area (Å²) in [7, 11) is 0. The minimum atomic E-state index is -0.420. The second kappa shape index (κ2) is 21.5. The molecule has 188 valence electrons. The predicted octanol–water partition coefficient (Wildman–Crippen LogP) is 8.18. The first kappa shape index (κ1) is 30.7. The van der Waals surface area contributed by atoms with Crippen LogP contribution in [-0.2, 0) is 19.1 Å². The summed E-state index contributed by atoms with van der Waals surface area (Å²) >= 11 is 0. The molecule has 2 atom stereocenters. The second-order valence-electron chi connectivity index (χ2n) is 9.44. The highest BCUT2D eigenvalue weighted by molar-refractivity contribution is 5.82. The summed E-state index contributed by atoms with van der Waals surface area (Å²) in [6, 6.07) is 0. The number of rotatable bonds is 22. The normalized spacial score (nSPS) is 13.0. The van der Waals surface area contributed by atoms with E-state index in [2.05, 4.69) is 20.4 Å². The molecule has 0 aromatic carbocycles. The standard InChI is InChI=1S/C28H52O4/c1-6-9-11-13-14-15-16-17-18-20-22-26(28(30)32-24(4)5)25(21-19-12-10-7-2)27(29)31-23-8-3/h8,24-26H,3,6-7,9-23H2,1-2,4-5H3. The van der Waals surface area contributed by atoms with Crippen molar-refractivity contribution in [2.45, 2.75) is 137 Å². The van der Waals surface area contributed by atoms with Crippen LogP contribution < -0.4 is 0 Å². The minimum absolute atomic E-state index is 0.178. The molecular weight excluding hydrogens is 400 g/mol. The Kier molecular flexibility index (Phi) is 20.6. The van der Waals surface area contributed by atoms with Crippen LogP contribution in [0.5, 0.6) is 0 Å². The van der Waals surface area contributed by atoms with Crippen molar-refractivity contribution in [2.75, 3.05) is 6.61 Å². The van der Waals surface area contributed by atoms with E-state index in [1.54, 1.807) is 6.08 Å². The Morgan fingerprint density at radius 2 is 1.09 bits per heavy atom. The Balaban J connectivity index is 4.76. The molecular formula is C28H52O4. The Labute approximate surface area is 198 Å². The number of hydrogen-bond donors (Lipinski definition) is 0. The predicted molar refractivity (Wildman–Crippen MR) is 135 cm³/mol. The van der Waals surface area contributed by atoms with Crippen LogP contribution in [0.3, 0.4) is 0 Å². The molecule has 0 bridgehead atoms. The zero-order valence-corrected chi connectivity index (χ0v) is 21.7. The molecule has 0 aromatic rings. The van der Waals surface area contributed by atoms with Crippen molar-refractivity contribution >= 4 is 11.9 Å². The van der Waals surface area contributed by atoms with Crippen LogP contribution in [0.25, 0.3) is 0 Å². The summed E-state index contributed by atoms with van der Waals surface area (Å²) in [6.45, 7) is 12.0. The zero-order chi connectivity index (χ0) is 24.0. The van der Waals surface area contributed by atoms with Gasteiger partial charge in [0, 0.05) is 0 Å². The van der Waals surface area contributed by atoms with Crippen LogP contribution in [0.4, 0.5) is 0 Å². The lowest BCUT2D eigenvalue weighted by Crippen LogP contribution is -2.34. The van der Waals surface area contributed by atoms with Crippen LogP contribution in [0.1, 0.15) is 130 Å². The lowest BCUT2D eigenvalue weighted by molar-refractivity contribution is -0.163. The van der Waals surface area contributed by atoms with Crippen LogP contribution in [0.2, 0.25) is 0 Å². The summed E-state index contributed by atoms with van der Waals surface area (Å²) < 4.78 is 10.9. The van der Waals surface area contributed by atoms with Crippen molar-refractivity contribution in [3.8, 4) is 0 Å². The summed E-state index contributed by atoms with van der Waals surface area (Å²) in [5.74, 6) is -1.35. The smallest absolute Gasteiger partial charge is 0.310 e. The van der Waals surface area contributed by atoms with Gasteiger partial charge in [0.1, 0.15) is 6.61 Å². The molecule has 0 saturated heterocycles. The molecule has 0 radical (unpaired) electrons. The second-order valence-corrected chi connectivity index (χ2v) is 9.44. The van der Waals surface area contributed by atoms with E-state index in [0.717, 1.165) is 38.5 Å². The van der Waals surface area contributed by atoms with E-state index in [4.69, 9.17) is 9.47 Å². The van der Waals surface area contributed by atoms with Crippen molar-refractivity contribution in [3.63, 3.8) is 0 Å². The molecule has 32 heavy (non-hydrogen) atoms. The maximum atomic E-state index is 12.9. The number of carbonyl (C=O) groups is 2. The van der Waals surface area contributed by atoms with Crippen molar-refractivity contribution in [1.82, 2.24) is 0 Å². The first-order chi connectivity index (χ1) is 15.5. The zero-order valence-electron chi connectivity index (χ0n) is 21.7. The van der Waals surface area contributed by atoms with Gasteiger partial charge in [-0.25, -0.2) is 0 Å². The van der Waals surface area contributed by atoms with Gasteiger partial charge in [-0.15, -0.1) is 0 Å². The molecule has 2 unspecified atom stereocenters. The maximum Gasteiger partial charge on any atom is 0.310 e. The summed E-state index contributed by atoms with van der Waals surface area (Å²) in [5.41, 5.74) is 0. The van der Waals surface area contributed by atoms with E-state index < -0.39 is 11.8 Å². The van der Waals surface area contributed by atoms with Crippen LogP contribution >= 0.6 is 0 Å². The molecule has 0 aliphatic heterocycles. The molecule has 0 aliphatic carbocycles. The van der Waals surface area contributed by atoms with E-state index in [-0.39, 0.29) is 24.6 Å². The first-order valence-electron chi connectivity index (χ1n) is 13.5. The SMILES string of the molecule is C=CCOC(=O)C(CCCCCC)C(CCCCCCCCCCCC)C(=O)OC(C)C. The molecule has 0 aliphatic rings. The highest BCUT2D eigenvalue weighted by Crippen LogP contribution is 2.28. The fourth-order valence-electron chi connectivity index (χ4n) is 4.18. The lowest BCUT2D eigenvalue weighted by atomic mass is 9.83. The summed E-state index contributed by atoms with van der Waals surface area (Å²) in [4.78, 5) is 25.7. The largest absolute Gasteiger partial charge is 0.463 e. The summed E-state index contributed by atoms with van der Waals surface area (Å²) in [5, 5.41) is 0. The molecule has 0 fully saturated rings. The average Bonchev–Trinajstić information content (AvgIpc) is 2.76. The van der Waals surface area contributed by atoms with Crippen LogP contribution in [0, 0.1) is 11.8 Å². The van der Waals surface area contributed by atoms with Crippen LogP contribution in [0.15, 0.2) is 12.7 Å². The average molecular weight is 453 g/mol. The molecule has 4 nitrogen and oxygen atoms in total. The van der Waals surface area contributed by atoms with E-state index in [1.807, 2.05) is 13.8 Å². The Morgan fingerprint density at radius 3 is 1.53 bits per heavy atom. The van der Waals surface area contributed by atoms with Gasteiger partial charge >= 0.3 is 11.9 Å². The summed E-state index contributed by atoms with van der Waals surface area (Å²) in [6.07, 6.45) is 19.6. The van der Waals surface area contributed by atoms with Gasteiger partial charge in [-0.3, -0.25) is 9.59 Å². The number of unbranched alkanes of at least 4 members (excludes halogenated alkanes) is 12. The maximum absolute atomic E-state index is 12.9. The molecule has 0 rings (SSSR count). The van der Waals surface area contributed by atoms with Gasteiger partial charge in [0.25, 0.3) is 0 Å². The molecule has 0 spiro atoms. The van der Waals surface area contributed by atoms with Crippen molar-refractivity contribution in [3.05, 3.63) is 12.7 Å². The van der Waals surface area contributed by atoms with Gasteiger partial charge in [0.15, 0.2) is 0 Å². The van der Waals surface area contributed by atoms with Gasteiger partial charge in [0.05, 0.1) is 17.9 Å². The molecule has 4 heteroatoms. The third kappa shape index (κ3) is 16.3. The fraction of sp³-hybridized carbons (Fsp3) is 0.857. The van der Waals surface area contributed by atoms with Gasteiger partial charge in [-0.1, -0.05) is 116 Å². The Bertz CT molecular complexity index is 472. The first-order valence-corrected chi connectivity index (χ1v) is 13.5. The van der Waals surface area contributed by atoms with Gasteiger partial charge in [0.2, 0.25) is 0 Å². The monoisotopic (exact) mass is 452 g/mol. The van der Waals surface area contributed by atoms with Crippen molar-refractivity contribution in [2.24, 2.45) is 11.8 Å². The molecule has 0 heterocycles. The van der Waals surface area contributed by atoms with Gasteiger partial charge in [-0.05, 0) is 26.7 Å². The van der Waals surface area contributed by atoms with E-state index in [9.17, 15) is 9.59 Å². The van der Waals surface area contributed by atoms with Gasteiger partial charge < -0.3 is 9.47 Å². The van der Waals surface area contributed by atoms with Gasteiger partial charge in [-0.2, -0.15) is 0 Å². The third-order valence-electron chi connectivity index (χ3n) is 6.02. The van der Waals surface area contributed by atoms with Crippen molar-refractivity contribution in [1.29, 1.82) is 0 Å². The number of carbonyl (C=O) groups excluding carboxylic acids is 2. The van der Waals surface area contributed by atoms with E-state index in [0.29, 0.717) is 12.8 Å². The fourth-order valence-corrected chi connectivity index (χ4v) is 4.18. The van der Waals surface area contributed by atoms with E-state index >= 15 is 0 Å². The molecule has 0 N–H and O–H groups in total. The quantitative estimate of drug-likeness (QED) is 0.0944. The van der Waals surface area contributed by atoms with E-state index in [1.165, 1.54) is 51.4 Å². The third-order valence-corrected chi connectivity index (χ3v) is 6.02. The number of hydrogen-bond acceptors (Lipinski definition) is 4. The molecule has 0 saturated carbocycles.